The van der Waals surface area contributed by atoms with Gasteiger partial charge in [0.1, 0.15) is 24.0 Å². The van der Waals surface area contributed by atoms with Gasteiger partial charge in [-0.05, 0) is 54.5 Å². The molecule has 0 aromatic heterocycles. The summed E-state index contributed by atoms with van der Waals surface area (Å²) in [5.41, 5.74) is 1.75. The first kappa shape index (κ1) is 36.4. The number of epoxide rings is 1. The second-order valence-electron chi connectivity index (χ2n) is 13.7. The largest absolute Gasteiger partial charge is 0.495 e. The number of benzene rings is 2. The molecule has 1 aliphatic carbocycles. The Labute approximate surface area is 293 Å². The Hall–Kier alpha value is -3.89. The van der Waals surface area contributed by atoms with Crippen LogP contribution < -0.4 is 15.4 Å². The molecule has 0 spiro atoms. The number of esters is 2. The summed E-state index contributed by atoms with van der Waals surface area (Å²) in [4.78, 5) is 54.6. The van der Waals surface area contributed by atoms with E-state index in [1.807, 2.05) is 51.1 Å². The Kier molecular flexibility index (Phi) is 12.4. The number of amides is 2. The molecule has 10 nitrogen and oxygen atoms in total. The van der Waals surface area contributed by atoms with E-state index in [4.69, 9.17) is 30.5 Å². The lowest BCUT2D eigenvalue weighted by atomic mass is 9.84. The molecule has 264 valence electrons. The molecule has 49 heavy (non-hydrogen) atoms. The zero-order chi connectivity index (χ0) is 35.1. The van der Waals surface area contributed by atoms with Gasteiger partial charge in [0.15, 0.2) is 6.10 Å². The van der Waals surface area contributed by atoms with E-state index in [0.717, 1.165) is 24.0 Å². The van der Waals surface area contributed by atoms with Gasteiger partial charge >= 0.3 is 11.9 Å². The molecule has 2 N–H and O–H groups in total. The maximum Gasteiger partial charge on any atom is 0.347 e. The molecule has 2 aromatic rings. The fourth-order valence-corrected chi connectivity index (χ4v) is 7.05. The lowest BCUT2D eigenvalue weighted by molar-refractivity contribution is -0.177. The summed E-state index contributed by atoms with van der Waals surface area (Å²) in [7, 11) is 1.52. The van der Waals surface area contributed by atoms with Crippen molar-refractivity contribution in [3.63, 3.8) is 0 Å². The summed E-state index contributed by atoms with van der Waals surface area (Å²) < 4.78 is 23.4. The van der Waals surface area contributed by atoms with Gasteiger partial charge < -0.3 is 29.6 Å². The number of carbonyl (C=O) groups is 4. The molecule has 8 atom stereocenters. The number of hydrogen-bond acceptors (Lipinski definition) is 8. The lowest BCUT2D eigenvalue weighted by Crippen LogP contribution is -2.54. The van der Waals surface area contributed by atoms with E-state index in [-0.39, 0.29) is 43.3 Å². The van der Waals surface area contributed by atoms with Crippen molar-refractivity contribution >= 4 is 35.4 Å². The van der Waals surface area contributed by atoms with Gasteiger partial charge in [0.25, 0.3) is 0 Å². The Morgan fingerprint density at radius 3 is 2.41 bits per heavy atom. The number of methoxy groups -OCH3 is 1. The van der Waals surface area contributed by atoms with Crippen molar-refractivity contribution in [2.24, 2.45) is 17.8 Å². The van der Waals surface area contributed by atoms with Crippen molar-refractivity contribution in [2.45, 2.75) is 102 Å². The van der Waals surface area contributed by atoms with Gasteiger partial charge in [-0.1, -0.05) is 87.7 Å². The highest BCUT2D eigenvalue weighted by molar-refractivity contribution is 6.32. The summed E-state index contributed by atoms with van der Waals surface area (Å²) in [6, 6.07) is 13.5. The van der Waals surface area contributed by atoms with E-state index in [2.05, 4.69) is 10.6 Å². The maximum absolute atomic E-state index is 13.8. The Balaban J connectivity index is 1.43. The minimum atomic E-state index is -1.11. The van der Waals surface area contributed by atoms with Crippen molar-refractivity contribution in [1.29, 1.82) is 0 Å². The van der Waals surface area contributed by atoms with Gasteiger partial charge in [0.05, 0.1) is 24.2 Å². The van der Waals surface area contributed by atoms with Crippen molar-refractivity contribution in [3.05, 3.63) is 76.8 Å². The van der Waals surface area contributed by atoms with Gasteiger partial charge in [-0.25, -0.2) is 4.79 Å². The lowest BCUT2D eigenvalue weighted by Gasteiger charge is -2.33. The predicted molar refractivity (Wildman–Crippen MR) is 184 cm³/mol. The Morgan fingerprint density at radius 1 is 0.939 bits per heavy atom. The van der Waals surface area contributed by atoms with Crippen LogP contribution in [0.2, 0.25) is 5.02 Å². The smallest absolute Gasteiger partial charge is 0.347 e. The van der Waals surface area contributed by atoms with E-state index in [1.165, 1.54) is 13.2 Å². The quantitative estimate of drug-likeness (QED) is 0.268. The summed E-state index contributed by atoms with van der Waals surface area (Å²) in [6.07, 6.45) is 4.18. The van der Waals surface area contributed by atoms with E-state index >= 15 is 0 Å². The summed E-state index contributed by atoms with van der Waals surface area (Å²) in [5, 5.41) is 6.24. The molecule has 2 fully saturated rings. The Morgan fingerprint density at radius 2 is 1.69 bits per heavy atom. The highest BCUT2D eigenvalue weighted by Crippen LogP contribution is 2.45. The van der Waals surface area contributed by atoms with Gasteiger partial charge in [0.2, 0.25) is 11.8 Å². The number of carbonyl (C=O) groups excluding carboxylic acids is 4. The summed E-state index contributed by atoms with van der Waals surface area (Å²) in [5.74, 6) is -2.43. The van der Waals surface area contributed by atoms with Gasteiger partial charge in [0, 0.05) is 24.8 Å². The van der Waals surface area contributed by atoms with Crippen LogP contribution in [0.3, 0.4) is 0 Å². The molecule has 1 saturated heterocycles. The number of halogens is 1. The molecule has 1 saturated carbocycles. The van der Waals surface area contributed by atoms with Crippen LogP contribution in [0.1, 0.15) is 76.5 Å². The standard InChI is InChI=1S/C38H47ClN2O8/c1-22(2)19-32-38(45)47-30(23(3)34-35(49-34)25-11-6-5-7-12-25)15-10-16-33(42)40-29(21-24-17-18-31(46-4)27(39)20-24)36(43)41-28-14-9-8-13-26(28)37(44)48-32/h5-7,10-12,16-18,20,22-23,26,28-30,32,34-35H,8-9,13-15,19,21H2,1-4H3,(H,40,42)(H,41,43)/b16-10+/t23-,26+,28?,29+,30-,32-,34+,35+/m0/s1. The average molecular weight is 695 g/mol. The van der Waals surface area contributed by atoms with Crippen molar-refractivity contribution in [1.82, 2.24) is 10.6 Å². The Bertz CT molecular complexity index is 1510. The third-order valence-corrected chi connectivity index (χ3v) is 9.85. The van der Waals surface area contributed by atoms with E-state index in [9.17, 15) is 19.2 Å². The van der Waals surface area contributed by atoms with Crippen LogP contribution in [0.15, 0.2) is 60.7 Å². The van der Waals surface area contributed by atoms with Crippen LogP contribution in [-0.2, 0) is 39.8 Å². The van der Waals surface area contributed by atoms with Crippen LogP contribution in [0.4, 0.5) is 0 Å². The normalized spacial score (nSPS) is 29.5. The average Bonchev–Trinajstić information content (AvgIpc) is 3.88. The van der Waals surface area contributed by atoms with E-state index < -0.39 is 54.0 Å². The zero-order valence-electron chi connectivity index (χ0n) is 28.6. The first-order chi connectivity index (χ1) is 23.5. The summed E-state index contributed by atoms with van der Waals surface area (Å²) in [6.45, 7) is 5.85. The number of cyclic esters (lactones) is 2. The minimum Gasteiger partial charge on any atom is -0.495 e. The molecule has 0 bridgehead atoms. The minimum absolute atomic E-state index is 0.0405. The third-order valence-electron chi connectivity index (χ3n) is 9.56. The van der Waals surface area contributed by atoms with Crippen molar-refractivity contribution < 1.29 is 38.1 Å². The third kappa shape index (κ3) is 9.63. The molecule has 1 unspecified atom stereocenters. The van der Waals surface area contributed by atoms with Gasteiger partial charge in [-0.15, -0.1) is 0 Å². The van der Waals surface area contributed by atoms with Crippen LogP contribution >= 0.6 is 11.6 Å². The molecule has 2 amide bonds. The summed E-state index contributed by atoms with van der Waals surface area (Å²) >= 11 is 6.37. The molecular formula is C38H47ClN2O8. The second-order valence-corrected chi connectivity index (χ2v) is 14.1. The number of rotatable bonds is 8. The first-order valence-corrected chi connectivity index (χ1v) is 17.6. The fourth-order valence-electron chi connectivity index (χ4n) is 6.77. The van der Waals surface area contributed by atoms with E-state index in [1.54, 1.807) is 24.3 Å². The molecular weight excluding hydrogens is 648 g/mol. The molecule has 11 heteroatoms. The van der Waals surface area contributed by atoms with Crippen LogP contribution in [0, 0.1) is 17.8 Å². The topological polar surface area (TPSA) is 133 Å². The number of hydrogen-bond donors (Lipinski definition) is 2. The monoisotopic (exact) mass is 694 g/mol. The van der Waals surface area contributed by atoms with Gasteiger partial charge in [-0.3, -0.25) is 14.4 Å². The van der Waals surface area contributed by atoms with Crippen LogP contribution in [0.5, 0.6) is 5.75 Å². The number of fused-ring (bicyclic) bond motifs is 1. The van der Waals surface area contributed by atoms with Crippen LogP contribution in [-0.4, -0.2) is 61.3 Å². The highest BCUT2D eigenvalue weighted by atomic mass is 35.5. The first-order valence-electron chi connectivity index (χ1n) is 17.2. The fraction of sp³-hybridized carbons (Fsp3) is 0.526. The SMILES string of the molecule is COc1ccc(C[C@H]2NC(=O)/C=C/C[C@@H]([C@H](C)[C@H]3O[C@@H]3c3ccccc3)OC(=O)[C@H](CC(C)C)OC(=O)[C@@H]3CCCCC3NC2=O)cc1Cl. The highest BCUT2D eigenvalue weighted by Gasteiger charge is 2.48. The van der Waals surface area contributed by atoms with Crippen molar-refractivity contribution in [2.75, 3.05) is 7.11 Å². The van der Waals surface area contributed by atoms with Gasteiger partial charge in [-0.2, -0.15) is 0 Å². The zero-order valence-corrected chi connectivity index (χ0v) is 29.3. The molecule has 5 rings (SSSR count). The number of ether oxygens (including phenoxy) is 4. The molecule has 0 radical (unpaired) electrons. The van der Waals surface area contributed by atoms with E-state index in [0.29, 0.717) is 23.6 Å². The molecule has 3 aliphatic rings. The molecule has 2 heterocycles. The predicted octanol–water partition coefficient (Wildman–Crippen LogP) is 5.66. The van der Waals surface area contributed by atoms with Crippen molar-refractivity contribution in [3.8, 4) is 5.75 Å². The maximum atomic E-state index is 13.8. The van der Waals surface area contributed by atoms with Crippen LogP contribution in [0.25, 0.3) is 0 Å². The molecule has 2 aliphatic heterocycles. The number of nitrogens with one attached hydrogen (secondary N) is 2. The second kappa shape index (κ2) is 16.7. The molecule has 2 aromatic carbocycles.